The molecule has 2 atom stereocenters. The van der Waals surface area contributed by atoms with Crippen LogP contribution in [0, 0.1) is 0 Å². The van der Waals surface area contributed by atoms with E-state index in [-0.39, 0.29) is 11.9 Å². The largest absolute Gasteiger partial charge is 0.497 e. The highest BCUT2D eigenvalue weighted by Gasteiger charge is 2.52. The Morgan fingerprint density at radius 1 is 0.886 bits per heavy atom. The molecule has 1 amide bonds. The van der Waals surface area contributed by atoms with Gasteiger partial charge in [0.15, 0.2) is 0 Å². The second-order valence-electron chi connectivity index (χ2n) is 8.60. The number of hydrogen-bond acceptors (Lipinski definition) is 5. The van der Waals surface area contributed by atoms with Crippen molar-refractivity contribution in [3.8, 4) is 23.0 Å². The Balaban J connectivity index is 1.85. The summed E-state index contributed by atoms with van der Waals surface area (Å²) in [7, 11) is 6.56. The lowest BCUT2D eigenvalue weighted by Gasteiger charge is -2.40. The van der Waals surface area contributed by atoms with Crippen LogP contribution in [0.3, 0.4) is 0 Å². The number of benzene rings is 3. The lowest BCUT2D eigenvalue weighted by atomic mass is 9.69. The number of hydrogen-bond donors (Lipinski definition) is 1. The normalized spacial score (nSPS) is 20.3. The van der Waals surface area contributed by atoms with Gasteiger partial charge in [0.25, 0.3) is 5.91 Å². The van der Waals surface area contributed by atoms with Crippen molar-refractivity contribution in [3.05, 3.63) is 87.4 Å². The third-order valence-electron chi connectivity index (χ3n) is 6.93. The van der Waals surface area contributed by atoms with Crippen LogP contribution < -0.4 is 24.3 Å². The van der Waals surface area contributed by atoms with Gasteiger partial charge in [-0.05, 0) is 53.9 Å². The summed E-state index contributed by atoms with van der Waals surface area (Å²) in [6.07, 6.45) is 2.71. The number of halogens is 1. The molecule has 0 bridgehead atoms. The van der Waals surface area contributed by atoms with Gasteiger partial charge in [-0.3, -0.25) is 4.79 Å². The van der Waals surface area contributed by atoms with Crippen LogP contribution in [0.15, 0.2) is 65.1 Å². The predicted octanol–water partition coefficient (Wildman–Crippen LogP) is 4.91. The summed E-state index contributed by atoms with van der Waals surface area (Å²) in [5.74, 6) is 2.70. The maximum absolute atomic E-state index is 13.5. The molecule has 0 unspecified atom stereocenters. The SMILES string of the molecule is COc1cccc([C@]23C=C(c4cc(OC)ccc4Br)C(=O)N[C@H]2Cc2cc(OC)cc(OC)c23)c1. The Hall–Kier alpha value is -3.45. The summed E-state index contributed by atoms with van der Waals surface area (Å²) < 4.78 is 23.3. The van der Waals surface area contributed by atoms with E-state index in [0.717, 1.165) is 32.5 Å². The summed E-state index contributed by atoms with van der Waals surface area (Å²) in [6.45, 7) is 0. The number of carbonyl (C=O) groups is 1. The van der Waals surface area contributed by atoms with Crippen molar-refractivity contribution >= 4 is 27.4 Å². The molecule has 6 nitrogen and oxygen atoms in total. The van der Waals surface area contributed by atoms with E-state index in [0.29, 0.717) is 29.2 Å². The maximum Gasteiger partial charge on any atom is 0.251 e. The molecule has 35 heavy (non-hydrogen) atoms. The Morgan fingerprint density at radius 3 is 2.34 bits per heavy atom. The van der Waals surface area contributed by atoms with Crippen molar-refractivity contribution in [2.24, 2.45) is 0 Å². The molecule has 0 aromatic heterocycles. The summed E-state index contributed by atoms with van der Waals surface area (Å²) in [5.41, 5.74) is 3.70. The zero-order valence-electron chi connectivity index (χ0n) is 20.0. The summed E-state index contributed by atoms with van der Waals surface area (Å²) >= 11 is 3.63. The summed E-state index contributed by atoms with van der Waals surface area (Å²) in [5, 5.41) is 3.30. The van der Waals surface area contributed by atoms with Crippen molar-refractivity contribution in [1.82, 2.24) is 5.32 Å². The molecular weight excluding hydrogens is 510 g/mol. The van der Waals surface area contributed by atoms with Crippen LogP contribution in [0.4, 0.5) is 0 Å². The van der Waals surface area contributed by atoms with Gasteiger partial charge in [-0.2, -0.15) is 0 Å². The van der Waals surface area contributed by atoms with E-state index < -0.39 is 5.41 Å². The molecule has 3 aromatic carbocycles. The molecule has 1 N–H and O–H groups in total. The molecule has 1 aliphatic heterocycles. The summed E-state index contributed by atoms with van der Waals surface area (Å²) in [6, 6.07) is 17.3. The number of nitrogens with one attached hydrogen (secondary N) is 1. The highest BCUT2D eigenvalue weighted by atomic mass is 79.9. The van der Waals surface area contributed by atoms with E-state index in [1.165, 1.54) is 0 Å². The van der Waals surface area contributed by atoms with E-state index in [9.17, 15) is 4.79 Å². The van der Waals surface area contributed by atoms with Gasteiger partial charge in [-0.15, -0.1) is 0 Å². The topological polar surface area (TPSA) is 66.0 Å². The van der Waals surface area contributed by atoms with Crippen molar-refractivity contribution in [2.45, 2.75) is 17.9 Å². The fourth-order valence-corrected chi connectivity index (χ4v) is 5.78. The second-order valence-corrected chi connectivity index (χ2v) is 9.45. The van der Waals surface area contributed by atoms with Gasteiger partial charge in [-0.1, -0.05) is 34.1 Å². The average molecular weight is 536 g/mol. The second kappa shape index (κ2) is 8.96. The van der Waals surface area contributed by atoms with Crippen molar-refractivity contribution in [1.29, 1.82) is 0 Å². The van der Waals surface area contributed by atoms with E-state index in [2.05, 4.69) is 33.4 Å². The van der Waals surface area contributed by atoms with Gasteiger partial charge >= 0.3 is 0 Å². The first-order valence-electron chi connectivity index (χ1n) is 11.2. The molecule has 0 fully saturated rings. The highest BCUT2D eigenvalue weighted by molar-refractivity contribution is 9.10. The molecule has 0 radical (unpaired) electrons. The van der Waals surface area contributed by atoms with Gasteiger partial charge < -0.3 is 24.3 Å². The van der Waals surface area contributed by atoms with Gasteiger partial charge in [0.1, 0.15) is 23.0 Å². The molecule has 0 spiro atoms. The maximum atomic E-state index is 13.5. The first-order chi connectivity index (χ1) is 16.9. The number of amides is 1. The number of rotatable bonds is 6. The fourth-order valence-electron chi connectivity index (χ4n) is 5.32. The zero-order valence-corrected chi connectivity index (χ0v) is 21.6. The molecule has 3 aromatic rings. The van der Waals surface area contributed by atoms with Crippen LogP contribution in [0.25, 0.3) is 5.57 Å². The number of fused-ring (bicyclic) bond motifs is 3. The van der Waals surface area contributed by atoms with Crippen LogP contribution in [0.2, 0.25) is 0 Å². The summed E-state index contributed by atoms with van der Waals surface area (Å²) in [4.78, 5) is 13.5. The van der Waals surface area contributed by atoms with Gasteiger partial charge in [0.05, 0.1) is 39.9 Å². The van der Waals surface area contributed by atoms with Crippen molar-refractivity contribution in [3.63, 3.8) is 0 Å². The standard InChI is InChI=1S/C28H26BrNO5/c1-32-18-7-5-6-17(12-18)28-15-22(21-13-19(33-2)8-9-23(21)29)27(31)30-25(28)11-16-10-20(34-3)14-24(35-4)26(16)28/h5-10,12-15,25H,11H2,1-4H3,(H,30,31)/t25-,28+/m0/s1. The Labute approximate surface area is 213 Å². The molecule has 1 heterocycles. The molecule has 2 aliphatic rings. The lowest BCUT2D eigenvalue weighted by Crippen LogP contribution is -2.52. The molecule has 0 saturated carbocycles. The van der Waals surface area contributed by atoms with Crippen molar-refractivity contribution < 1.29 is 23.7 Å². The van der Waals surface area contributed by atoms with E-state index in [4.69, 9.17) is 18.9 Å². The number of carbonyl (C=O) groups excluding carboxylic acids is 1. The molecule has 180 valence electrons. The minimum Gasteiger partial charge on any atom is -0.497 e. The van der Waals surface area contributed by atoms with E-state index >= 15 is 0 Å². The van der Waals surface area contributed by atoms with Gasteiger partial charge in [-0.25, -0.2) is 0 Å². The lowest BCUT2D eigenvalue weighted by molar-refractivity contribution is -0.116. The van der Waals surface area contributed by atoms with E-state index in [1.807, 2.05) is 48.5 Å². The predicted molar refractivity (Wildman–Crippen MR) is 138 cm³/mol. The van der Waals surface area contributed by atoms with Crippen LogP contribution in [-0.4, -0.2) is 40.4 Å². The van der Waals surface area contributed by atoms with Gasteiger partial charge in [0, 0.05) is 27.2 Å². The van der Waals surface area contributed by atoms with Crippen LogP contribution in [-0.2, 0) is 16.6 Å². The molecule has 0 saturated heterocycles. The van der Waals surface area contributed by atoms with E-state index in [1.54, 1.807) is 28.4 Å². The number of ether oxygens (including phenoxy) is 4. The molecule has 5 rings (SSSR count). The average Bonchev–Trinajstić information content (AvgIpc) is 3.22. The smallest absolute Gasteiger partial charge is 0.251 e. The zero-order chi connectivity index (χ0) is 24.7. The first-order valence-corrected chi connectivity index (χ1v) is 12.0. The monoisotopic (exact) mass is 535 g/mol. The Kier molecular flexibility index (Phi) is 5.97. The van der Waals surface area contributed by atoms with Crippen LogP contribution >= 0.6 is 15.9 Å². The van der Waals surface area contributed by atoms with Crippen LogP contribution in [0.1, 0.15) is 22.3 Å². The number of methoxy groups -OCH3 is 4. The Bertz CT molecular complexity index is 1350. The Morgan fingerprint density at radius 2 is 1.63 bits per heavy atom. The first kappa shape index (κ1) is 23.3. The minimum atomic E-state index is -0.687. The fraction of sp³-hybridized carbons (Fsp3) is 0.250. The van der Waals surface area contributed by atoms with Crippen LogP contribution in [0.5, 0.6) is 23.0 Å². The minimum absolute atomic E-state index is 0.138. The van der Waals surface area contributed by atoms with Crippen molar-refractivity contribution in [2.75, 3.05) is 28.4 Å². The molecule has 1 aliphatic carbocycles. The molecule has 7 heteroatoms. The third-order valence-corrected chi connectivity index (χ3v) is 7.62. The quantitative estimate of drug-likeness (QED) is 0.485. The highest BCUT2D eigenvalue weighted by Crippen LogP contribution is 2.54. The third kappa shape index (κ3) is 3.65. The molecular formula is C28H26BrNO5. The van der Waals surface area contributed by atoms with Gasteiger partial charge in [0.2, 0.25) is 0 Å².